The second kappa shape index (κ2) is 4.97. The molecule has 16 heavy (non-hydrogen) atoms. The molecule has 0 fully saturated rings. The Morgan fingerprint density at radius 3 is 2.25 bits per heavy atom. The van der Waals surface area contributed by atoms with Crippen molar-refractivity contribution in [1.29, 1.82) is 0 Å². The van der Waals surface area contributed by atoms with Crippen molar-refractivity contribution in [3.8, 4) is 0 Å². The summed E-state index contributed by atoms with van der Waals surface area (Å²) in [6.07, 6.45) is 2.11. The van der Waals surface area contributed by atoms with Crippen LogP contribution in [0.5, 0.6) is 0 Å². The molecule has 90 valence electrons. The lowest BCUT2D eigenvalue weighted by atomic mass is 9.94. The molecule has 0 aliphatic heterocycles. The number of rotatable bonds is 5. The average Bonchev–Trinajstić information content (AvgIpc) is 2.25. The average molecular weight is 242 g/mol. The zero-order chi connectivity index (χ0) is 12.2. The van der Waals surface area contributed by atoms with Crippen molar-refractivity contribution in [2.24, 2.45) is 0 Å². The molecule has 0 aromatic heterocycles. The van der Waals surface area contributed by atoms with Crippen molar-refractivity contribution < 1.29 is 13.0 Å². The first-order valence-corrected chi connectivity index (χ1v) is 6.88. The first-order valence-electron chi connectivity index (χ1n) is 5.44. The minimum atomic E-state index is -4.09. The lowest BCUT2D eigenvalue weighted by molar-refractivity contribution is 0.418. The maximum Gasteiger partial charge on any atom is 0.274 e. The van der Waals surface area contributed by atoms with E-state index in [1.807, 2.05) is 13.0 Å². The highest BCUT2D eigenvalue weighted by Gasteiger charge is 2.38. The highest BCUT2D eigenvalue weighted by atomic mass is 32.2. The summed E-state index contributed by atoms with van der Waals surface area (Å²) in [5.74, 6) is 0. The summed E-state index contributed by atoms with van der Waals surface area (Å²) in [5.41, 5.74) is 0.644. The predicted octanol–water partition coefficient (Wildman–Crippen LogP) is 2.98. The highest BCUT2D eigenvalue weighted by molar-refractivity contribution is 7.86. The molecule has 0 heterocycles. The summed E-state index contributed by atoms with van der Waals surface area (Å²) < 4.78 is 31.2. The molecule has 3 nitrogen and oxygen atoms in total. The van der Waals surface area contributed by atoms with Crippen molar-refractivity contribution in [3.63, 3.8) is 0 Å². The normalized spacial score (nSPS) is 15.7. The lowest BCUT2D eigenvalue weighted by Gasteiger charge is -2.26. The Hall–Kier alpha value is -0.870. The van der Waals surface area contributed by atoms with Gasteiger partial charge in [0.25, 0.3) is 10.1 Å². The van der Waals surface area contributed by atoms with Crippen molar-refractivity contribution in [2.75, 3.05) is 0 Å². The molecule has 0 saturated carbocycles. The van der Waals surface area contributed by atoms with Crippen LogP contribution in [-0.4, -0.2) is 13.0 Å². The molecule has 0 aliphatic carbocycles. The van der Waals surface area contributed by atoms with Gasteiger partial charge in [-0.25, -0.2) is 0 Å². The number of hydrogen-bond acceptors (Lipinski definition) is 2. The van der Waals surface area contributed by atoms with Crippen LogP contribution in [0.2, 0.25) is 0 Å². The number of benzene rings is 1. The van der Waals surface area contributed by atoms with Crippen LogP contribution in [0.15, 0.2) is 30.3 Å². The topological polar surface area (TPSA) is 54.4 Å². The third-order valence-corrected chi connectivity index (χ3v) is 4.54. The number of hydrogen-bond donors (Lipinski definition) is 1. The van der Waals surface area contributed by atoms with Crippen LogP contribution in [-0.2, 0) is 14.9 Å². The first-order chi connectivity index (χ1) is 7.42. The molecule has 4 heteroatoms. The molecule has 1 atom stereocenters. The Bertz CT molecular complexity index is 425. The zero-order valence-corrected chi connectivity index (χ0v) is 10.5. The molecule has 1 N–H and O–H groups in total. The monoisotopic (exact) mass is 242 g/mol. The molecule has 0 amide bonds. The van der Waals surface area contributed by atoms with Gasteiger partial charge in [-0.3, -0.25) is 4.55 Å². The van der Waals surface area contributed by atoms with Gasteiger partial charge in [0.15, 0.2) is 0 Å². The van der Waals surface area contributed by atoms with Gasteiger partial charge in [0.2, 0.25) is 0 Å². The summed E-state index contributed by atoms with van der Waals surface area (Å²) in [5, 5.41) is 0. The van der Waals surface area contributed by atoms with E-state index in [1.54, 1.807) is 31.2 Å². The Morgan fingerprint density at radius 2 is 1.81 bits per heavy atom. The van der Waals surface area contributed by atoms with E-state index in [4.69, 9.17) is 0 Å². The standard InChI is InChI=1S/C12H18O3S/c1-3-4-10-12(2,16(13,14)15)11-8-6-5-7-9-11/h5-9H,3-4,10H2,1-2H3,(H,13,14,15). The van der Waals surface area contributed by atoms with E-state index in [0.29, 0.717) is 12.0 Å². The SMILES string of the molecule is CCCCC(C)(c1ccccc1)S(=O)(=O)O. The minimum absolute atomic E-state index is 0.437. The van der Waals surface area contributed by atoms with E-state index < -0.39 is 14.9 Å². The molecule has 0 aliphatic rings. The summed E-state index contributed by atoms with van der Waals surface area (Å²) in [7, 11) is -4.09. The number of unbranched alkanes of at least 4 members (excludes halogenated alkanes) is 1. The fraction of sp³-hybridized carbons (Fsp3) is 0.500. The largest absolute Gasteiger partial charge is 0.285 e. The van der Waals surface area contributed by atoms with Crippen LogP contribution in [0.3, 0.4) is 0 Å². The maximum absolute atomic E-state index is 11.5. The van der Waals surface area contributed by atoms with Crippen LogP contribution < -0.4 is 0 Å². The van der Waals surface area contributed by atoms with Gasteiger partial charge in [-0.05, 0) is 18.9 Å². The van der Waals surface area contributed by atoms with E-state index in [9.17, 15) is 13.0 Å². The molecule has 0 radical (unpaired) electrons. The van der Waals surface area contributed by atoms with Gasteiger partial charge < -0.3 is 0 Å². The van der Waals surface area contributed by atoms with Crippen LogP contribution in [0, 0.1) is 0 Å². The molecule has 0 saturated heterocycles. The zero-order valence-electron chi connectivity index (χ0n) is 9.68. The van der Waals surface area contributed by atoms with E-state index in [2.05, 4.69) is 0 Å². The summed E-state index contributed by atoms with van der Waals surface area (Å²) in [6.45, 7) is 3.57. The summed E-state index contributed by atoms with van der Waals surface area (Å²) >= 11 is 0. The fourth-order valence-corrected chi connectivity index (χ4v) is 2.56. The van der Waals surface area contributed by atoms with Crippen molar-refractivity contribution >= 4 is 10.1 Å². The molecule has 0 bridgehead atoms. The second-order valence-electron chi connectivity index (χ2n) is 4.18. The Balaban J connectivity index is 3.16. The molecule has 1 aromatic carbocycles. The van der Waals surface area contributed by atoms with Crippen molar-refractivity contribution in [3.05, 3.63) is 35.9 Å². The maximum atomic E-state index is 11.5. The van der Waals surface area contributed by atoms with Gasteiger partial charge in [0.1, 0.15) is 4.75 Å². The van der Waals surface area contributed by atoms with Gasteiger partial charge >= 0.3 is 0 Å². The molecule has 1 rings (SSSR count). The Morgan fingerprint density at radius 1 is 1.25 bits per heavy atom. The lowest BCUT2D eigenvalue weighted by Crippen LogP contribution is -2.32. The van der Waals surface area contributed by atoms with Crippen molar-refractivity contribution in [2.45, 2.75) is 37.9 Å². The van der Waals surface area contributed by atoms with E-state index in [1.165, 1.54) is 0 Å². The predicted molar refractivity (Wildman–Crippen MR) is 64.9 cm³/mol. The quantitative estimate of drug-likeness (QED) is 0.808. The third-order valence-electron chi connectivity index (χ3n) is 2.96. The van der Waals surface area contributed by atoms with E-state index >= 15 is 0 Å². The van der Waals surface area contributed by atoms with Gasteiger partial charge in [-0.2, -0.15) is 8.42 Å². The van der Waals surface area contributed by atoms with Crippen LogP contribution in [0.25, 0.3) is 0 Å². The van der Waals surface area contributed by atoms with Gasteiger partial charge in [-0.15, -0.1) is 0 Å². The van der Waals surface area contributed by atoms with Crippen LogP contribution in [0.1, 0.15) is 38.7 Å². The minimum Gasteiger partial charge on any atom is -0.285 e. The van der Waals surface area contributed by atoms with Gasteiger partial charge in [0.05, 0.1) is 0 Å². The fourth-order valence-electron chi connectivity index (χ4n) is 1.73. The summed E-state index contributed by atoms with van der Waals surface area (Å²) in [6, 6.07) is 8.87. The second-order valence-corrected chi connectivity index (χ2v) is 6.03. The Kier molecular flexibility index (Phi) is 4.10. The highest BCUT2D eigenvalue weighted by Crippen LogP contribution is 2.34. The first kappa shape index (κ1) is 13.2. The van der Waals surface area contributed by atoms with E-state index in [-0.39, 0.29) is 0 Å². The van der Waals surface area contributed by atoms with Gasteiger partial charge in [0, 0.05) is 0 Å². The van der Waals surface area contributed by atoms with Crippen LogP contribution in [0.4, 0.5) is 0 Å². The molecule has 1 aromatic rings. The summed E-state index contributed by atoms with van der Waals surface area (Å²) in [4.78, 5) is 0. The molecule has 0 spiro atoms. The molecular formula is C12H18O3S. The van der Waals surface area contributed by atoms with Crippen LogP contribution >= 0.6 is 0 Å². The molecule has 1 unspecified atom stereocenters. The smallest absolute Gasteiger partial charge is 0.274 e. The molecular weight excluding hydrogens is 224 g/mol. The van der Waals surface area contributed by atoms with Gasteiger partial charge in [-0.1, -0.05) is 50.1 Å². The third kappa shape index (κ3) is 2.62. The van der Waals surface area contributed by atoms with Crippen molar-refractivity contribution in [1.82, 2.24) is 0 Å². The van der Waals surface area contributed by atoms with E-state index in [0.717, 1.165) is 12.8 Å². The Labute approximate surface area is 97.2 Å².